The lowest BCUT2D eigenvalue weighted by atomic mass is 10.2. The van der Waals surface area contributed by atoms with Gasteiger partial charge in [0.1, 0.15) is 9.88 Å². The largest absolute Gasteiger partial charge is 0.349 e. The van der Waals surface area contributed by atoms with E-state index >= 15 is 0 Å². The van der Waals surface area contributed by atoms with Crippen molar-refractivity contribution < 1.29 is 4.79 Å². The molecule has 4 nitrogen and oxygen atoms in total. The lowest BCUT2D eigenvalue weighted by Crippen LogP contribution is -2.32. The second-order valence-corrected chi connectivity index (χ2v) is 5.26. The molecule has 0 unspecified atom stereocenters. The first-order valence-electron chi connectivity index (χ1n) is 5.68. The van der Waals surface area contributed by atoms with Crippen LogP contribution >= 0.6 is 11.3 Å². The number of hydrogen-bond donors (Lipinski definition) is 2. The summed E-state index contributed by atoms with van der Waals surface area (Å²) in [5, 5.41) is 3.89. The minimum absolute atomic E-state index is 0.0154. The zero-order valence-electron chi connectivity index (χ0n) is 9.45. The number of carbonyl (C=O) groups excluding carboxylic acids is 1. The molecule has 1 heterocycles. The molecule has 1 aliphatic rings. The third kappa shape index (κ3) is 2.41. The van der Waals surface area contributed by atoms with Crippen molar-refractivity contribution in [2.24, 2.45) is 5.73 Å². The summed E-state index contributed by atoms with van der Waals surface area (Å²) in [6, 6.07) is 0.357. The Balaban J connectivity index is 2.04. The second kappa shape index (κ2) is 4.93. The smallest absolute Gasteiger partial charge is 0.263 e. The third-order valence-corrected chi connectivity index (χ3v) is 4.09. The monoisotopic (exact) mass is 239 g/mol. The molecule has 1 aromatic heterocycles. The highest BCUT2D eigenvalue weighted by atomic mass is 32.1. The molecule has 1 aromatic rings. The van der Waals surface area contributed by atoms with Crippen LogP contribution in [0.1, 0.15) is 46.1 Å². The molecule has 0 atom stereocenters. The Bertz CT molecular complexity index is 383. The third-order valence-electron chi connectivity index (χ3n) is 2.91. The summed E-state index contributed by atoms with van der Waals surface area (Å²) < 4.78 is 0. The topological polar surface area (TPSA) is 68.0 Å². The van der Waals surface area contributed by atoms with Crippen LogP contribution in [0.2, 0.25) is 0 Å². The number of hydrogen-bond acceptors (Lipinski definition) is 4. The van der Waals surface area contributed by atoms with Gasteiger partial charge < -0.3 is 11.1 Å². The molecule has 3 N–H and O–H groups in total. The molecule has 0 aliphatic heterocycles. The number of carbonyl (C=O) groups is 1. The van der Waals surface area contributed by atoms with Gasteiger partial charge in [0.25, 0.3) is 5.91 Å². The molecule has 2 rings (SSSR count). The average Bonchev–Trinajstić information content (AvgIpc) is 2.87. The van der Waals surface area contributed by atoms with E-state index in [1.54, 1.807) is 0 Å². The van der Waals surface area contributed by atoms with E-state index < -0.39 is 0 Å². The summed E-state index contributed by atoms with van der Waals surface area (Å²) in [6.07, 6.45) is 4.65. The maximum atomic E-state index is 12.0. The minimum atomic E-state index is 0.0154. The van der Waals surface area contributed by atoms with E-state index in [2.05, 4.69) is 10.3 Å². The number of amides is 1. The van der Waals surface area contributed by atoms with Crippen LogP contribution in [0.15, 0.2) is 0 Å². The van der Waals surface area contributed by atoms with Gasteiger partial charge in [0.05, 0.1) is 5.69 Å². The summed E-state index contributed by atoms with van der Waals surface area (Å²) in [4.78, 5) is 16.9. The fourth-order valence-corrected chi connectivity index (χ4v) is 2.92. The first kappa shape index (κ1) is 11.5. The van der Waals surface area contributed by atoms with Crippen LogP contribution in [0.3, 0.4) is 0 Å². The Labute approximate surface area is 99.3 Å². The average molecular weight is 239 g/mol. The fourth-order valence-electron chi connectivity index (χ4n) is 2.07. The molecule has 0 aromatic carbocycles. The lowest BCUT2D eigenvalue weighted by molar-refractivity contribution is 0.0941. The minimum Gasteiger partial charge on any atom is -0.349 e. The molecular formula is C11H17N3OS. The number of nitrogens with one attached hydrogen (secondary N) is 1. The lowest BCUT2D eigenvalue weighted by Gasteiger charge is -2.10. The van der Waals surface area contributed by atoms with Gasteiger partial charge in [-0.05, 0) is 19.8 Å². The summed E-state index contributed by atoms with van der Waals surface area (Å²) >= 11 is 1.40. The van der Waals surface area contributed by atoms with Crippen LogP contribution in [-0.4, -0.2) is 16.9 Å². The van der Waals surface area contributed by atoms with Crippen molar-refractivity contribution in [3.05, 3.63) is 15.6 Å². The highest BCUT2D eigenvalue weighted by Gasteiger charge is 2.20. The Morgan fingerprint density at radius 2 is 2.25 bits per heavy atom. The number of aryl methyl sites for hydroxylation is 1. The van der Waals surface area contributed by atoms with Crippen molar-refractivity contribution in [1.82, 2.24) is 10.3 Å². The normalized spacial score (nSPS) is 16.6. The van der Waals surface area contributed by atoms with Crippen molar-refractivity contribution in [2.75, 3.05) is 0 Å². The summed E-state index contributed by atoms with van der Waals surface area (Å²) in [5.74, 6) is 0.0154. The number of rotatable bonds is 3. The standard InChI is InChI=1S/C11H17N3OS/c1-7-10(16-9(6-12)13-7)11(15)14-8-4-2-3-5-8/h8H,2-6,12H2,1H3,(H,14,15). The van der Waals surface area contributed by atoms with Gasteiger partial charge in [0, 0.05) is 12.6 Å². The summed E-state index contributed by atoms with van der Waals surface area (Å²) in [7, 11) is 0. The first-order valence-corrected chi connectivity index (χ1v) is 6.49. The van der Waals surface area contributed by atoms with E-state index in [0.29, 0.717) is 17.5 Å². The van der Waals surface area contributed by atoms with Crippen LogP contribution < -0.4 is 11.1 Å². The van der Waals surface area contributed by atoms with Crippen LogP contribution in [0.25, 0.3) is 0 Å². The van der Waals surface area contributed by atoms with Crippen LogP contribution in [0.5, 0.6) is 0 Å². The van der Waals surface area contributed by atoms with Gasteiger partial charge in [-0.2, -0.15) is 0 Å². The van der Waals surface area contributed by atoms with Crippen molar-refractivity contribution in [3.63, 3.8) is 0 Å². The van der Waals surface area contributed by atoms with Gasteiger partial charge in [0.2, 0.25) is 0 Å². The number of thiazole rings is 1. The second-order valence-electron chi connectivity index (χ2n) is 4.18. The zero-order chi connectivity index (χ0) is 11.5. The molecule has 0 saturated heterocycles. The molecule has 5 heteroatoms. The van der Waals surface area contributed by atoms with Crippen molar-refractivity contribution in [2.45, 2.75) is 45.2 Å². The SMILES string of the molecule is Cc1nc(CN)sc1C(=O)NC1CCCC1. The van der Waals surface area contributed by atoms with Gasteiger partial charge in [-0.25, -0.2) is 4.98 Å². The molecule has 0 radical (unpaired) electrons. The quantitative estimate of drug-likeness (QED) is 0.841. The maximum Gasteiger partial charge on any atom is 0.263 e. The zero-order valence-corrected chi connectivity index (χ0v) is 10.3. The fraction of sp³-hybridized carbons (Fsp3) is 0.636. The van der Waals surface area contributed by atoms with E-state index in [9.17, 15) is 4.79 Å². The van der Waals surface area contributed by atoms with Crippen molar-refractivity contribution in [1.29, 1.82) is 0 Å². The Kier molecular flexibility index (Phi) is 3.56. The highest BCUT2D eigenvalue weighted by molar-refractivity contribution is 7.13. The van der Waals surface area contributed by atoms with E-state index in [0.717, 1.165) is 23.5 Å². The summed E-state index contributed by atoms with van der Waals surface area (Å²) in [5.41, 5.74) is 6.30. The maximum absolute atomic E-state index is 12.0. The molecule has 1 aliphatic carbocycles. The predicted molar refractivity (Wildman–Crippen MR) is 64.5 cm³/mol. The molecule has 1 saturated carbocycles. The van der Waals surface area contributed by atoms with Crippen molar-refractivity contribution in [3.8, 4) is 0 Å². The van der Waals surface area contributed by atoms with E-state index in [1.807, 2.05) is 6.92 Å². The molecular weight excluding hydrogens is 222 g/mol. The van der Waals surface area contributed by atoms with Gasteiger partial charge >= 0.3 is 0 Å². The number of nitrogens with zero attached hydrogens (tertiary/aromatic N) is 1. The summed E-state index contributed by atoms with van der Waals surface area (Å²) in [6.45, 7) is 2.27. The number of nitrogens with two attached hydrogens (primary N) is 1. The van der Waals surface area contributed by atoms with E-state index in [4.69, 9.17) is 5.73 Å². The van der Waals surface area contributed by atoms with Gasteiger partial charge in [0.15, 0.2) is 0 Å². The highest BCUT2D eigenvalue weighted by Crippen LogP contribution is 2.21. The molecule has 1 amide bonds. The Hall–Kier alpha value is -0.940. The van der Waals surface area contributed by atoms with Crippen LogP contribution in [-0.2, 0) is 6.54 Å². The molecule has 16 heavy (non-hydrogen) atoms. The van der Waals surface area contributed by atoms with Gasteiger partial charge in [-0.3, -0.25) is 4.79 Å². The van der Waals surface area contributed by atoms with Crippen LogP contribution in [0, 0.1) is 6.92 Å². The molecule has 0 bridgehead atoms. The first-order chi connectivity index (χ1) is 7.70. The molecule has 88 valence electrons. The predicted octanol–water partition coefficient (Wildman–Crippen LogP) is 1.58. The van der Waals surface area contributed by atoms with Crippen molar-refractivity contribution >= 4 is 17.2 Å². The Morgan fingerprint density at radius 3 is 2.81 bits per heavy atom. The van der Waals surface area contributed by atoms with Crippen LogP contribution in [0.4, 0.5) is 0 Å². The molecule has 1 fully saturated rings. The van der Waals surface area contributed by atoms with E-state index in [-0.39, 0.29) is 5.91 Å². The van der Waals surface area contributed by atoms with Gasteiger partial charge in [-0.1, -0.05) is 12.8 Å². The molecule has 0 spiro atoms. The van der Waals surface area contributed by atoms with Gasteiger partial charge in [-0.15, -0.1) is 11.3 Å². The van der Waals surface area contributed by atoms with E-state index in [1.165, 1.54) is 24.2 Å². The number of aromatic nitrogens is 1. The Morgan fingerprint density at radius 1 is 1.56 bits per heavy atom.